The lowest BCUT2D eigenvalue weighted by Gasteiger charge is -2.24. The van der Waals surface area contributed by atoms with E-state index in [2.05, 4.69) is 0 Å². The Morgan fingerprint density at radius 3 is 2.64 bits per heavy atom. The molecule has 0 saturated heterocycles. The quantitative estimate of drug-likeness (QED) is 0.459. The monoisotopic (exact) mass is 187 g/mol. The molecule has 2 bridgehead atoms. The lowest BCUT2D eigenvalue weighted by molar-refractivity contribution is 0.136. The summed E-state index contributed by atoms with van der Waals surface area (Å²) in [7, 11) is 0. The maximum atomic E-state index is 5.39. The van der Waals surface area contributed by atoms with Gasteiger partial charge in [-0.05, 0) is 37.5 Å². The highest BCUT2D eigenvalue weighted by molar-refractivity contribution is 7.99. The van der Waals surface area contributed by atoms with Crippen molar-refractivity contribution in [1.29, 1.82) is 0 Å². The van der Waals surface area contributed by atoms with Crippen LogP contribution in [0.3, 0.4) is 0 Å². The van der Waals surface area contributed by atoms with Crippen molar-refractivity contribution in [3.63, 3.8) is 0 Å². The maximum Gasteiger partial charge on any atom is 0.0994 e. The molecule has 0 aromatic carbocycles. The van der Waals surface area contributed by atoms with Crippen LogP contribution >= 0.6 is 12.2 Å². The molecule has 1 nitrogen and oxygen atoms in total. The van der Waals surface area contributed by atoms with E-state index in [0.29, 0.717) is 10.5 Å². The highest BCUT2D eigenvalue weighted by Crippen LogP contribution is 2.45. The summed E-state index contributed by atoms with van der Waals surface area (Å²) in [6.45, 7) is 0. The minimum absolute atomic E-state index is 0.308. The summed E-state index contributed by atoms with van der Waals surface area (Å²) in [5, 5.41) is 0. The van der Waals surface area contributed by atoms with Gasteiger partial charge in [-0.15, -0.1) is 0 Å². The van der Waals surface area contributed by atoms with Crippen molar-refractivity contribution in [2.75, 3.05) is 0 Å². The molecular formula is C8H11OS2-. The van der Waals surface area contributed by atoms with Gasteiger partial charge in [-0.1, -0.05) is 0 Å². The number of fused-ring (bicyclic) bond motifs is 2. The van der Waals surface area contributed by atoms with Gasteiger partial charge in [-0.25, -0.2) is 0 Å². The molecule has 0 radical (unpaired) electrons. The molecule has 2 aliphatic carbocycles. The van der Waals surface area contributed by atoms with Crippen LogP contribution in [0.25, 0.3) is 0 Å². The third-order valence-electron chi connectivity index (χ3n) is 2.92. The lowest BCUT2D eigenvalue weighted by atomic mass is 9.98. The van der Waals surface area contributed by atoms with Crippen LogP contribution in [0.5, 0.6) is 0 Å². The zero-order valence-electron chi connectivity index (χ0n) is 6.29. The number of ether oxygens (including phenoxy) is 1. The van der Waals surface area contributed by atoms with E-state index in [1.54, 1.807) is 0 Å². The summed E-state index contributed by atoms with van der Waals surface area (Å²) in [6, 6.07) is 0. The molecule has 0 amide bonds. The highest BCUT2D eigenvalue weighted by atomic mass is 32.1. The van der Waals surface area contributed by atoms with Crippen molar-refractivity contribution in [3.8, 4) is 0 Å². The van der Waals surface area contributed by atoms with Crippen molar-refractivity contribution in [2.24, 2.45) is 11.8 Å². The summed E-state index contributed by atoms with van der Waals surface area (Å²) in [5.74, 6) is 1.68. The largest absolute Gasteiger partial charge is 0.510 e. The van der Waals surface area contributed by atoms with Gasteiger partial charge in [0.25, 0.3) is 0 Å². The smallest absolute Gasteiger partial charge is 0.0994 e. The Kier molecular flexibility index (Phi) is 2.02. The lowest BCUT2D eigenvalue weighted by Crippen LogP contribution is -2.22. The third kappa shape index (κ3) is 1.49. The first-order chi connectivity index (χ1) is 5.25. The molecule has 0 aromatic rings. The molecule has 2 rings (SSSR count). The standard InChI is InChI=1S/C8H12OS2/c10-8(11)9-7-4-5-1-2-6(7)3-5/h5-7H,1-4H2,(H,10,11)/p-1. The second-order valence-corrected chi connectivity index (χ2v) is 4.58. The average molecular weight is 187 g/mol. The van der Waals surface area contributed by atoms with Crippen LogP contribution in [0.1, 0.15) is 25.7 Å². The Hall–Kier alpha value is 0.110. The minimum Gasteiger partial charge on any atom is -0.510 e. The summed E-state index contributed by atoms with van der Waals surface area (Å²) in [6.07, 6.45) is 5.64. The molecule has 0 heterocycles. The van der Waals surface area contributed by atoms with Gasteiger partial charge in [0.1, 0.15) is 0 Å². The number of hydrogen-bond acceptors (Lipinski definition) is 3. The fourth-order valence-electron chi connectivity index (χ4n) is 2.45. The van der Waals surface area contributed by atoms with Crippen LogP contribution in [-0.4, -0.2) is 10.5 Å². The number of rotatable bonds is 1. The zero-order chi connectivity index (χ0) is 7.84. The molecule has 2 fully saturated rings. The van der Waals surface area contributed by atoms with E-state index in [1.807, 2.05) is 0 Å². The van der Waals surface area contributed by atoms with Gasteiger partial charge >= 0.3 is 0 Å². The normalized spacial score (nSPS) is 40.9. The average Bonchev–Trinajstić information content (AvgIpc) is 2.45. The Morgan fingerprint density at radius 2 is 2.18 bits per heavy atom. The first-order valence-electron chi connectivity index (χ1n) is 4.13. The van der Waals surface area contributed by atoms with Crippen molar-refractivity contribution in [1.82, 2.24) is 0 Å². The summed E-state index contributed by atoms with van der Waals surface area (Å²) >= 11 is 9.48. The summed E-state index contributed by atoms with van der Waals surface area (Å²) in [5.41, 5.74) is 0. The van der Waals surface area contributed by atoms with E-state index in [-0.39, 0.29) is 0 Å². The van der Waals surface area contributed by atoms with Gasteiger partial charge in [0.05, 0.1) is 6.10 Å². The van der Waals surface area contributed by atoms with Crippen LogP contribution < -0.4 is 0 Å². The molecule has 62 valence electrons. The van der Waals surface area contributed by atoms with E-state index in [9.17, 15) is 0 Å². The molecule has 3 heteroatoms. The third-order valence-corrected chi connectivity index (χ3v) is 3.11. The van der Waals surface area contributed by atoms with E-state index in [1.165, 1.54) is 25.7 Å². The second-order valence-electron chi connectivity index (χ2n) is 3.58. The SMILES string of the molecule is S=C([S-])OC1CC2CCC1C2. The number of thiocarbonyl (C=S) groups is 1. The topological polar surface area (TPSA) is 9.23 Å². The zero-order valence-corrected chi connectivity index (χ0v) is 7.92. The highest BCUT2D eigenvalue weighted by Gasteiger charge is 2.40. The molecule has 0 aromatic heterocycles. The molecule has 11 heavy (non-hydrogen) atoms. The van der Waals surface area contributed by atoms with Crippen LogP contribution in [0.4, 0.5) is 0 Å². The van der Waals surface area contributed by atoms with Crippen molar-refractivity contribution in [2.45, 2.75) is 31.8 Å². The Bertz CT molecular complexity index is 181. The predicted octanol–water partition coefficient (Wildman–Crippen LogP) is 2.02. The van der Waals surface area contributed by atoms with Crippen LogP contribution in [-0.2, 0) is 17.4 Å². The molecule has 2 aliphatic rings. The molecule has 0 N–H and O–H groups in total. The van der Waals surface area contributed by atoms with Crippen LogP contribution in [0.2, 0.25) is 0 Å². The fourth-order valence-corrected chi connectivity index (χ4v) is 2.70. The Balaban J connectivity index is 1.92. The molecule has 2 saturated carbocycles. The van der Waals surface area contributed by atoms with Gasteiger partial charge in [-0.2, -0.15) is 0 Å². The molecule has 3 unspecified atom stereocenters. The first kappa shape index (κ1) is 7.74. The van der Waals surface area contributed by atoms with E-state index < -0.39 is 0 Å². The van der Waals surface area contributed by atoms with E-state index in [0.717, 1.165) is 11.8 Å². The van der Waals surface area contributed by atoms with Crippen molar-refractivity contribution >= 4 is 29.2 Å². The van der Waals surface area contributed by atoms with E-state index in [4.69, 9.17) is 29.6 Å². The molecular weight excluding hydrogens is 176 g/mol. The fraction of sp³-hybridized carbons (Fsp3) is 0.875. The summed E-state index contributed by atoms with van der Waals surface area (Å²) in [4.78, 5) is 0. The Labute approximate surface area is 77.9 Å². The molecule has 3 atom stereocenters. The van der Waals surface area contributed by atoms with E-state index >= 15 is 0 Å². The molecule has 0 aliphatic heterocycles. The first-order valence-corrected chi connectivity index (χ1v) is 4.95. The predicted molar refractivity (Wildman–Crippen MR) is 50.3 cm³/mol. The van der Waals surface area contributed by atoms with Crippen LogP contribution in [0, 0.1) is 11.8 Å². The minimum atomic E-state index is 0.308. The summed E-state index contributed by atoms with van der Waals surface area (Å²) < 4.78 is 5.70. The van der Waals surface area contributed by atoms with Crippen molar-refractivity contribution < 1.29 is 4.74 Å². The Morgan fingerprint density at radius 1 is 1.36 bits per heavy atom. The van der Waals surface area contributed by atoms with Gasteiger partial charge in [0.15, 0.2) is 0 Å². The van der Waals surface area contributed by atoms with Gasteiger partial charge in [-0.3, -0.25) is 0 Å². The van der Waals surface area contributed by atoms with Crippen molar-refractivity contribution in [3.05, 3.63) is 0 Å². The second kappa shape index (κ2) is 2.87. The number of hydrogen-bond donors (Lipinski definition) is 0. The van der Waals surface area contributed by atoms with Gasteiger partial charge in [0, 0.05) is 4.38 Å². The van der Waals surface area contributed by atoms with Gasteiger partial charge in [0.2, 0.25) is 0 Å². The van der Waals surface area contributed by atoms with Gasteiger partial charge < -0.3 is 29.6 Å². The van der Waals surface area contributed by atoms with Crippen LogP contribution in [0.15, 0.2) is 0 Å². The molecule has 0 spiro atoms. The maximum absolute atomic E-state index is 5.39.